The lowest BCUT2D eigenvalue weighted by atomic mass is 9.97. The molecule has 0 spiro atoms. The van der Waals surface area contributed by atoms with E-state index in [0.29, 0.717) is 19.0 Å². The van der Waals surface area contributed by atoms with E-state index in [1.165, 1.54) is 27.3 Å². The first kappa shape index (κ1) is 25.1. The van der Waals surface area contributed by atoms with Crippen LogP contribution >= 0.6 is 0 Å². The minimum atomic E-state index is -0.782. The fraction of sp³-hybridized carbons (Fsp3) is 0.167. The van der Waals surface area contributed by atoms with Crippen LogP contribution in [0.2, 0.25) is 0 Å². The van der Waals surface area contributed by atoms with Crippen molar-refractivity contribution in [1.29, 1.82) is 0 Å². The van der Waals surface area contributed by atoms with E-state index in [0.717, 1.165) is 28.0 Å². The monoisotopic (exact) mass is 510 g/mol. The van der Waals surface area contributed by atoms with Crippen molar-refractivity contribution in [3.8, 4) is 22.4 Å². The van der Waals surface area contributed by atoms with Crippen molar-refractivity contribution in [1.82, 2.24) is 4.57 Å². The summed E-state index contributed by atoms with van der Waals surface area (Å²) in [7, 11) is 0. The van der Waals surface area contributed by atoms with Crippen LogP contribution in [0.5, 0.6) is 0 Å². The van der Waals surface area contributed by atoms with Crippen LogP contribution in [0.25, 0.3) is 44.1 Å². The van der Waals surface area contributed by atoms with E-state index < -0.39 is 6.10 Å². The molecule has 3 heteroatoms. The third-order valence-electron chi connectivity index (χ3n) is 7.66. The van der Waals surface area contributed by atoms with Crippen LogP contribution in [0, 0.1) is 0 Å². The molecule has 0 amide bonds. The van der Waals surface area contributed by atoms with Crippen LogP contribution in [0.3, 0.4) is 0 Å². The van der Waals surface area contributed by atoms with Gasteiger partial charge in [-0.05, 0) is 40.1 Å². The topological polar surface area (TPSA) is 44.6 Å². The van der Waals surface area contributed by atoms with Crippen LogP contribution in [0.15, 0.2) is 121 Å². The molecule has 2 N–H and O–H groups in total. The van der Waals surface area contributed by atoms with Gasteiger partial charge in [-0.1, -0.05) is 129 Å². The van der Waals surface area contributed by atoms with E-state index in [2.05, 4.69) is 139 Å². The van der Waals surface area contributed by atoms with Crippen molar-refractivity contribution in [3.05, 3.63) is 127 Å². The number of hydrogen-bond donors (Lipinski definition) is 1. The quantitative estimate of drug-likeness (QED) is 0.223. The third-order valence-corrected chi connectivity index (χ3v) is 7.66. The second kappa shape index (κ2) is 10.9. The van der Waals surface area contributed by atoms with Gasteiger partial charge in [0.25, 0.3) is 0 Å². The molecule has 6 rings (SSSR count). The molecule has 6 aromatic rings. The lowest BCUT2D eigenvalue weighted by Crippen LogP contribution is -2.82. The predicted molar refractivity (Wildman–Crippen MR) is 161 cm³/mol. The Labute approximate surface area is 230 Å². The number of fused-ring (bicyclic) bond motifs is 3. The molecule has 1 aromatic heterocycles. The number of quaternary nitrogens is 1. The Morgan fingerprint density at radius 1 is 0.667 bits per heavy atom. The molecule has 0 aliphatic carbocycles. The van der Waals surface area contributed by atoms with Crippen LogP contribution in [0.1, 0.15) is 25.3 Å². The van der Waals surface area contributed by atoms with Gasteiger partial charge in [0.1, 0.15) is 5.69 Å². The van der Waals surface area contributed by atoms with Crippen LogP contribution in [0.4, 0.5) is 5.69 Å². The van der Waals surface area contributed by atoms with Crippen molar-refractivity contribution in [2.45, 2.75) is 32.4 Å². The molecule has 0 saturated carbocycles. The standard InChI is InChI=1S/C36H33N2O/c1-25(2)26-17-20-30(21-18-26)37-23-31(39)24-38-35(29-14-7-4-8-15-29)34(28-12-5-3-6-13-28)33-22-19-27-11-9-10-16-32(27)36(33)38/h3-22,25,31,37H,23-24H2,1-2H3/q-1/p+1. The molecule has 0 radical (unpaired) electrons. The van der Waals surface area contributed by atoms with Gasteiger partial charge in [-0.2, -0.15) is 0 Å². The fourth-order valence-electron chi connectivity index (χ4n) is 5.66. The maximum absolute atomic E-state index is 13.7. The fourth-order valence-corrected chi connectivity index (χ4v) is 5.66. The van der Waals surface area contributed by atoms with Crippen molar-refractivity contribution in [2.24, 2.45) is 0 Å². The van der Waals surface area contributed by atoms with Gasteiger partial charge in [-0.3, -0.25) is 0 Å². The van der Waals surface area contributed by atoms with Gasteiger partial charge >= 0.3 is 0 Å². The Morgan fingerprint density at radius 3 is 2.00 bits per heavy atom. The first-order valence-electron chi connectivity index (χ1n) is 13.8. The largest absolute Gasteiger partial charge is 0.847 e. The van der Waals surface area contributed by atoms with Gasteiger partial charge in [0, 0.05) is 22.9 Å². The number of nitrogens with two attached hydrogens (primary N) is 1. The molecular formula is C36H34N2O. The van der Waals surface area contributed by atoms with E-state index in [-0.39, 0.29) is 0 Å². The molecule has 0 fully saturated rings. The Morgan fingerprint density at radius 2 is 1.31 bits per heavy atom. The number of aromatic nitrogens is 1. The summed E-state index contributed by atoms with van der Waals surface area (Å²) in [5.74, 6) is 0.498. The van der Waals surface area contributed by atoms with Crippen LogP contribution in [-0.4, -0.2) is 17.2 Å². The second-order valence-corrected chi connectivity index (χ2v) is 10.6. The summed E-state index contributed by atoms with van der Waals surface area (Å²) in [5.41, 5.74) is 8.13. The Balaban J connectivity index is 1.47. The van der Waals surface area contributed by atoms with Crippen molar-refractivity contribution >= 4 is 27.4 Å². The van der Waals surface area contributed by atoms with Gasteiger partial charge in [-0.25, -0.2) is 0 Å². The number of hydrogen-bond acceptors (Lipinski definition) is 1. The smallest absolute Gasteiger partial charge is 0.129 e. The average Bonchev–Trinajstić information content (AvgIpc) is 3.31. The molecule has 39 heavy (non-hydrogen) atoms. The van der Waals surface area contributed by atoms with E-state index >= 15 is 0 Å². The summed E-state index contributed by atoms with van der Waals surface area (Å²) in [5, 5.41) is 19.3. The zero-order valence-corrected chi connectivity index (χ0v) is 22.5. The highest BCUT2D eigenvalue weighted by molar-refractivity contribution is 6.15. The predicted octanol–water partition coefficient (Wildman–Crippen LogP) is 6.88. The summed E-state index contributed by atoms with van der Waals surface area (Å²) >= 11 is 0. The molecule has 0 saturated heterocycles. The molecule has 194 valence electrons. The van der Waals surface area contributed by atoms with E-state index in [4.69, 9.17) is 0 Å². The average molecular weight is 511 g/mol. The molecule has 1 unspecified atom stereocenters. The molecule has 0 aliphatic rings. The number of benzene rings is 5. The van der Waals surface area contributed by atoms with Crippen LogP contribution < -0.4 is 10.4 Å². The second-order valence-electron chi connectivity index (χ2n) is 10.6. The normalized spacial score (nSPS) is 12.4. The highest BCUT2D eigenvalue weighted by Crippen LogP contribution is 2.43. The first-order chi connectivity index (χ1) is 19.1. The Hall–Kier alpha value is -4.18. The van der Waals surface area contributed by atoms with Gasteiger partial charge in [-0.15, -0.1) is 0 Å². The lowest BCUT2D eigenvalue weighted by molar-refractivity contribution is -0.613. The van der Waals surface area contributed by atoms with Crippen molar-refractivity contribution in [3.63, 3.8) is 0 Å². The van der Waals surface area contributed by atoms with Gasteiger partial charge in [0.05, 0.1) is 17.8 Å². The Kier molecular flexibility index (Phi) is 7.02. The van der Waals surface area contributed by atoms with Crippen LogP contribution in [-0.2, 0) is 6.54 Å². The lowest BCUT2D eigenvalue weighted by Gasteiger charge is -2.24. The van der Waals surface area contributed by atoms with E-state index in [1.807, 2.05) is 6.07 Å². The van der Waals surface area contributed by atoms with Gasteiger partial charge in [0.2, 0.25) is 0 Å². The van der Waals surface area contributed by atoms with Crippen molar-refractivity contribution < 1.29 is 10.4 Å². The highest BCUT2D eigenvalue weighted by atomic mass is 16.3. The van der Waals surface area contributed by atoms with E-state index in [9.17, 15) is 5.11 Å². The summed E-state index contributed by atoms with van der Waals surface area (Å²) in [6, 6.07) is 42.6. The highest BCUT2D eigenvalue weighted by Gasteiger charge is 2.22. The summed E-state index contributed by atoms with van der Waals surface area (Å²) in [4.78, 5) is 0. The van der Waals surface area contributed by atoms with Gasteiger partial charge in [0.15, 0.2) is 0 Å². The minimum absolute atomic E-state index is 0.391. The maximum Gasteiger partial charge on any atom is 0.129 e. The molecule has 3 nitrogen and oxygen atoms in total. The molecule has 1 heterocycles. The minimum Gasteiger partial charge on any atom is -0.847 e. The molecular weight excluding hydrogens is 476 g/mol. The zero-order valence-electron chi connectivity index (χ0n) is 22.5. The third kappa shape index (κ3) is 4.99. The molecule has 1 atom stereocenters. The molecule has 5 aromatic carbocycles. The SMILES string of the molecule is CC(C)c1ccc([NH2+]CC([O-])Cn2c(-c3ccccc3)c(-c3ccccc3)c3ccc4ccccc4c32)cc1. The molecule has 0 bridgehead atoms. The Bertz CT molecular complexity index is 1700. The first-order valence-corrected chi connectivity index (χ1v) is 13.8. The van der Waals surface area contributed by atoms with Gasteiger partial charge < -0.3 is 15.0 Å². The maximum atomic E-state index is 13.7. The van der Waals surface area contributed by atoms with E-state index in [1.54, 1.807) is 0 Å². The molecule has 0 aliphatic heterocycles. The number of rotatable bonds is 8. The number of nitrogens with zero attached hydrogens (tertiary/aromatic N) is 1. The summed E-state index contributed by atoms with van der Waals surface area (Å²) in [6.45, 7) is 5.26. The summed E-state index contributed by atoms with van der Waals surface area (Å²) in [6.07, 6.45) is -0.782. The summed E-state index contributed by atoms with van der Waals surface area (Å²) < 4.78 is 2.29. The zero-order chi connectivity index (χ0) is 26.8. The van der Waals surface area contributed by atoms with Crippen molar-refractivity contribution in [2.75, 3.05) is 6.54 Å².